The normalized spacial score (nSPS) is 25.9. The maximum atomic E-state index is 13.4. The number of oxime groups is 1. The van der Waals surface area contributed by atoms with Crippen molar-refractivity contribution in [2.24, 2.45) is 17.0 Å². The van der Waals surface area contributed by atoms with Gasteiger partial charge in [0, 0.05) is 63.6 Å². The second kappa shape index (κ2) is 13.5. The minimum absolute atomic E-state index is 0.0330. The summed E-state index contributed by atoms with van der Waals surface area (Å²) in [4.78, 5) is 46.9. The first-order chi connectivity index (χ1) is 20.7. The summed E-state index contributed by atoms with van der Waals surface area (Å²) in [6, 6.07) is 0. The summed E-state index contributed by atoms with van der Waals surface area (Å²) >= 11 is 0. The number of aryl methyl sites for hydroxylation is 2. The highest BCUT2D eigenvalue weighted by atomic mass is 16.6. The van der Waals surface area contributed by atoms with Gasteiger partial charge in [-0.15, -0.1) is 0 Å². The lowest BCUT2D eigenvalue weighted by atomic mass is 9.74. The smallest absolute Gasteiger partial charge is 0.410 e. The van der Waals surface area contributed by atoms with Gasteiger partial charge in [-0.3, -0.25) is 9.69 Å². The van der Waals surface area contributed by atoms with Crippen LogP contribution in [0.2, 0.25) is 0 Å². The van der Waals surface area contributed by atoms with Crippen molar-refractivity contribution in [3.63, 3.8) is 0 Å². The van der Waals surface area contributed by atoms with E-state index in [0.717, 1.165) is 127 Å². The molecule has 2 amide bonds. The van der Waals surface area contributed by atoms with Crippen molar-refractivity contribution < 1.29 is 19.2 Å². The molecule has 5 rings (SSSR count). The molecule has 43 heavy (non-hydrogen) atoms. The van der Waals surface area contributed by atoms with E-state index >= 15 is 0 Å². The summed E-state index contributed by atoms with van der Waals surface area (Å²) in [5.74, 6) is 0.906. The zero-order valence-electron chi connectivity index (χ0n) is 27.1. The summed E-state index contributed by atoms with van der Waals surface area (Å²) in [6.07, 6.45) is 12.5. The number of ether oxygens (including phenoxy) is 1. The van der Waals surface area contributed by atoms with Crippen molar-refractivity contribution in [1.29, 1.82) is 0 Å². The molecule has 1 unspecified atom stereocenters. The first-order valence-corrected chi connectivity index (χ1v) is 16.6. The molecular weight excluding hydrogens is 544 g/mol. The zero-order chi connectivity index (χ0) is 30.6. The minimum Gasteiger partial charge on any atom is -0.442 e. The van der Waals surface area contributed by atoms with Gasteiger partial charge in [-0.25, -0.2) is 14.8 Å². The van der Waals surface area contributed by atoms with Crippen molar-refractivity contribution in [1.82, 2.24) is 24.7 Å². The minimum atomic E-state index is -0.362. The van der Waals surface area contributed by atoms with Gasteiger partial charge < -0.3 is 19.4 Å². The van der Waals surface area contributed by atoms with Gasteiger partial charge in [-0.2, -0.15) is 0 Å². The lowest BCUT2D eigenvalue weighted by molar-refractivity contribution is -0.134. The molecule has 4 aliphatic rings. The van der Waals surface area contributed by atoms with E-state index in [1.165, 1.54) is 6.33 Å². The summed E-state index contributed by atoms with van der Waals surface area (Å²) in [5.41, 5.74) is 2.94. The van der Waals surface area contributed by atoms with Crippen LogP contribution < -0.4 is 0 Å². The second-order valence-corrected chi connectivity index (χ2v) is 13.7. The van der Waals surface area contributed by atoms with Crippen LogP contribution >= 0.6 is 0 Å². The maximum absolute atomic E-state index is 13.4. The van der Waals surface area contributed by atoms with Crippen molar-refractivity contribution in [3.8, 4) is 0 Å². The third-order valence-corrected chi connectivity index (χ3v) is 11.0. The van der Waals surface area contributed by atoms with Crippen LogP contribution in [0.4, 0.5) is 4.79 Å². The lowest BCUT2D eigenvalue weighted by Crippen LogP contribution is -2.64. The standard InChI is InChI=1S/C33H52N6O4/c1-6-7-8-27-22-38(21-26-9-11-28(12-10-26)36-42-5)31(41)43-33(27)15-19-39(20-16-33)32(4)13-17-37(18-14-32)30(40)29-24(2)34-23-35-25(29)3/h23,26-27H,6-22H2,1-5H3. The molecular formula is C33H52N6O4. The van der Waals surface area contributed by atoms with Gasteiger partial charge >= 0.3 is 6.09 Å². The summed E-state index contributed by atoms with van der Waals surface area (Å²) in [6.45, 7) is 13.3. The van der Waals surface area contributed by atoms with Crippen LogP contribution in [0.1, 0.15) is 106 Å². The Morgan fingerprint density at radius 1 is 1.07 bits per heavy atom. The number of rotatable bonds is 8. The molecule has 0 bridgehead atoms. The van der Waals surface area contributed by atoms with Crippen molar-refractivity contribution >= 4 is 17.7 Å². The topological polar surface area (TPSA) is 100 Å². The van der Waals surface area contributed by atoms with Gasteiger partial charge in [0.2, 0.25) is 0 Å². The Kier molecular flexibility index (Phi) is 9.93. The van der Waals surface area contributed by atoms with E-state index in [4.69, 9.17) is 9.57 Å². The summed E-state index contributed by atoms with van der Waals surface area (Å²) in [7, 11) is 1.61. The number of likely N-dealkylation sites (tertiary alicyclic amines) is 2. The number of hydrogen-bond acceptors (Lipinski definition) is 8. The van der Waals surface area contributed by atoms with E-state index in [0.29, 0.717) is 17.4 Å². The largest absolute Gasteiger partial charge is 0.442 e. The molecule has 1 aromatic heterocycles. The Bertz CT molecular complexity index is 1140. The Balaban J connectivity index is 1.18. The fourth-order valence-electron chi connectivity index (χ4n) is 8.01. The van der Waals surface area contributed by atoms with Gasteiger partial charge in [0.25, 0.3) is 5.91 Å². The molecule has 3 aliphatic heterocycles. The molecule has 4 fully saturated rings. The third kappa shape index (κ3) is 6.84. The molecule has 10 nitrogen and oxygen atoms in total. The Hall–Kier alpha value is -2.75. The number of amides is 2. The number of hydrogen-bond donors (Lipinski definition) is 0. The molecule has 4 heterocycles. The molecule has 0 N–H and O–H groups in total. The predicted octanol–water partition coefficient (Wildman–Crippen LogP) is 5.37. The van der Waals surface area contributed by atoms with E-state index in [2.05, 4.69) is 33.9 Å². The monoisotopic (exact) mass is 596 g/mol. The molecule has 1 aromatic rings. The SMILES string of the molecule is CCCCC1CN(CC2CCC(=NOC)CC2)C(=O)OC12CCN(C1(C)CCN(C(=O)c3c(C)ncnc3C)CC1)CC2. The van der Waals surface area contributed by atoms with Gasteiger partial charge in [-0.05, 0) is 71.6 Å². The quantitative estimate of drug-likeness (QED) is 0.372. The van der Waals surface area contributed by atoms with E-state index in [1.807, 2.05) is 23.6 Å². The van der Waals surface area contributed by atoms with Gasteiger partial charge in [0.05, 0.1) is 22.7 Å². The van der Waals surface area contributed by atoms with Crippen molar-refractivity contribution in [2.75, 3.05) is 46.4 Å². The lowest BCUT2D eigenvalue weighted by Gasteiger charge is -2.55. The number of nitrogens with zero attached hydrogens (tertiary/aromatic N) is 6. The fourth-order valence-corrected chi connectivity index (χ4v) is 8.01. The highest BCUT2D eigenvalue weighted by molar-refractivity contribution is 5.96. The Morgan fingerprint density at radius 3 is 2.33 bits per heavy atom. The number of piperidine rings is 2. The number of carbonyl (C=O) groups excluding carboxylic acids is 2. The molecule has 1 spiro atoms. The highest BCUT2D eigenvalue weighted by Gasteiger charge is 2.51. The molecule has 0 radical (unpaired) electrons. The van der Waals surface area contributed by atoms with Crippen LogP contribution in [0.15, 0.2) is 11.5 Å². The van der Waals surface area contributed by atoms with Gasteiger partial charge in [-0.1, -0.05) is 24.9 Å². The number of aromatic nitrogens is 2. The average Bonchev–Trinajstić information content (AvgIpc) is 2.99. The Morgan fingerprint density at radius 2 is 1.72 bits per heavy atom. The van der Waals surface area contributed by atoms with Crippen molar-refractivity contribution in [2.45, 2.75) is 109 Å². The second-order valence-electron chi connectivity index (χ2n) is 13.7. The fraction of sp³-hybridized carbons (Fsp3) is 0.788. The average molecular weight is 597 g/mol. The van der Waals surface area contributed by atoms with Crippen LogP contribution in [-0.2, 0) is 9.57 Å². The molecule has 10 heteroatoms. The van der Waals surface area contributed by atoms with Crippen LogP contribution in [0.5, 0.6) is 0 Å². The summed E-state index contributed by atoms with van der Waals surface area (Å²) in [5, 5.41) is 4.14. The molecule has 1 atom stereocenters. The predicted molar refractivity (Wildman–Crippen MR) is 166 cm³/mol. The van der Waals surface area contributed by atoms with E-state index < -0.39 is 0 Å². The van der Waals surface area contributed by atoms with E-state index in [9.17, 15) is 9.59 Å². The summed E-state index contributed by atoms with van der Waals surface area (Å²) < 4.78 is 6.48. The van der Waals surface area contributed by atoms with Gasteiger partial charge in [0.1, 0.15) is 19.0 Å². The highest BCUT2D eigenvalue weighted by Crippen LogP contribution is 2.43. The maximum Gasteiger partial charge on any atom is 0.410 e. The van der Waals surface area contributed by atoms with Crippen LogP contribution in [0.25, 0.3) is 0 Å². The van der Waals surface area contributed by atoms with Gasteiger partial charge in [0.15, 0.2) is 0 Å². The molecule has 1 aliphatic carbocycles. The van der Waals surface area contributed by atoms with Crippen molar-refractivity contribution in [3.05, 3.63) is 23.3 Å². The molecule has 3 saturated heterocycles. The molecule has 238 valence electrons. The first-order valence-electron chi connectivity index (χ1n) is 16.6. The molecule has 1 saturated carbocycles. The zero-order valence-corrected chi connectivity index (χ0v) is 27.1. The number of carbonyl (C=O) groups is 2. The van der Waals surface area contributed by atoms with Crippen LogP contribution in [-0.4, -0.2) is 99.9 Å². The molecule has 0 aromatic carbocycles. The van der Waals surface area contributed by atoms with E-state index in [1.54, 1.807) is 7.11 Å². The number of unbranched alkanes of at least 4 members (excludes halogenated alkanes) is 1. The van der Waals surface area contributed by atoms with E-state index in [-0.39, 0.29) is 23.1 Å². The van der Waals surface area contributed by atoms with Crippen LogP contribution in [0.3, 0.4) is 0 Å². The van der Waals surface area contributed by atoms with Crippen LogP contribution in [0, 0.1) is 25.7 Å². The first kappa shape index (κ1) is 31.7. The third-order valence-electron chi connectivity index (χ3n) is 11.0. The Labute approximate surface area is 257 Å².